The molecule has 24 heavy (non-hydrogen) atoms. The molecule has 2 aromatic heterocycles. The Hall–Kier alpha value is -2.55. The summed E-state index contributed by atoms with van der Waals surface area (Å²) in [5, 5.41) is 0. The molecular formula is C16H15N2O5S+. The second kappa shape index (κ2) is 6.91. The zero-order valence-corrected chi connectivity index (χ0v) is 13.4. The molecule has 0 aliphatic carbocycles. The maximum absolute atomic E-state index is 10.5. The SMILES string of the molecule is O=S(=O)(O)OCC[n+]1ccc(-c2ncc(-c3ccccc3)o2)cc1. The standard InChI is InChI=1S/C16H14N2O5S/c19-24(20,21)22-11-10-18-8-6-14(7-9-18)16-17-12-15(23-16)13-4-2-1-3-5-13/h1-9,12H,10-11H2/p+1. The summed E-state index contributed by atoms with van der Waals surface area (Å²) in [6.07, 6.45) is 5.16. The summed E-state index contributed by atoms with van der Waals surface area (Å²) in [5.41, 5.74) is 1.74. The quantitative estimate of drug-likeness (QED) is 0.542. The van der Waals surface area contributed by atoms with Gasteiger partial charge in [-0.1, -0.05) is 30.3 Å². The molecular weight excluding hydrogens is 332 g/mol. The Kier molecular flexibility index (Phi) is 4.70. The number of nitrogens with zero attached hydrogens (tertiary/aromatic N) is 2. The fourth-order valence-corrected chi connectivity index (χ4v) is 2.43. The Bertz CT molecular complexity index is 905. The first-order chi connectivity index (χ1) is 11.5. The van der Waals surface area contributed by atoms with E-state index in [2.05, 4.69) is 9.17 Å². The zero-order valence-electron chi connectivity index (χ0n) is 12.6. The van der Waals surface area contributed by atoms with Gasteiger partial charge in [0.25, 0.3) is 0 Å². The van der Waals surface area contributed by atoms with E-state index in [9.17, 15) is 8.42 Å². The van der Waals surface area contributed by atoms with Gasteiger partial charge in [0.05, 0.1) is 6.20 Å². The molecule has 7 nitrogen and oxygen atoms in total. The first kappa shape index (κ1) is 16.3. The van der Waals surface area contributed by atoms with Gasteiger partial charge in [-0.25, -0.2) is 13.7 Å². The molecule has 2 heterocycles. The van der Waals surface area contributed by atoms with Gasteiger partial charge in [0.2, 0.25) is 5.89 Å². The lowest BCUT2D eigenvalue weighted by Crippen LogP contribution is -2.35. The Morgan fingerprint density at radius 3 is 2.46 bits per heavy atom. The average Bonchev–Trinajstić information content (AvgIpc) is 3.05. The number of oxazole rings is 1. The van der Waals surface area contributed by atoms with Crippen LogP contribution in [0.5, 0.6) is 0 Å². The molecule has 3 aromatic rings. The van der Waals surface area contributed by atoms with Crippen molar-refractivity contribution in [3.63, 3.8) is 0 Å². The van der Waals surface area contributed by atoms with Crippen molar-refractivity contribution in [3.8, 4) is 22.8 Å². The van der Waals surface area contributed by atoms with Gasteiger partial charge in [-0.15, -0.1) is 0 Å². The van der Waals surface area contributed by atoms with Gasteiger partial charge >= 0.3 is 10.4 Å². The molecule has 0 radical (unpaired) electrons. The predicted molar refractivity (Wildman–Crippen MR) is 85.1 cm³/mol. The summed E-state index contributed by atoms with van der Waals surface area (Å²) >= 11 is 0. The number of benzene rings is 1. The maximum atomic E-state index is 10.5. The van der Waals surface area contributed by atoms with Crippen molar-refractivity contribution in [2.45, 2.75) is 6.54 Å². The first-order valence-electron chi connectivity index (χ1n) is 7.14. The van der Waals surface area contributed by atoms with Gasteiger partial charge in [0.1, 0.15) is 6.61 Å². The summed E-state index contributed by atoms with van der Waals surface area (Å²) in [5.74, 6) is 1.18. The van der Waals surface area contributed by atoms with Crippen molar-refractivity contribution in [1.29, 1.82) is 0 Å². The van der Waals surface area contributed by atoms with E-state index in [1.54, 1.807) is 35.3 Å². The molecule has 0 unspecified atom stereocenters. The van der Waals surface area contributed by atoms with Crippen LogP contribution in [0.4, 0.5) is 0 Å². The summed E-state index contributed by atoms with van der Waals surface area (Å²) in [6.45, 7) is 0.126. The molecule has 0 fully saturated rings. The summed E-state index contributed by atoms with van der Waals surface area (Å²) in [7, 11) is -4.41. The fraction of sp³-hybridized carbons (Fsp3) is 0.125. The average molecular weight is 347 g/mol. The van der Waals surface area contributed by atoms with E-state index in [1.165, 1.54) is 0 Å². The van der Waals surface area contributed by atoms with Crippen LogP contribution in [-0.4, -0.2) is 24.6 Å². The lowest BCUT2D eigenvalue weighted by atomic mass is 10.2. The van der Waals surface area contributed by atoms with Crippen LogP contribution in [0.25, 0.3) is 22.8 Å². The van der Waals surface area contributed by atoms with Crippen LogP contribution in [0.1, 0.15) is 0 Å². The number of hydrogen-bond donors (Lipinski definition) is 1. The topological polar surface area (TPSA) is 93.5 Å². The van der Waals surface area contributed by atoms with Crippen LogP contribution < -0.4 is 4.57 Å². The number of aromatic nitrogens is 2. The molecule has 0 saturated heterocycles. The molecule has 0 aliphatic rings. The monoisotopic (exact) mass is 347 g/mol. The minimum atomic E-state index is -4.41. The van der Waals surface area contributed by atoms with Crippen molar-refractivity contribution in [2.75, 3.05) is 6.61 Å². The van der Waals surface area contributed by atoms with E-state index in [-0.39, 0.29) is 13.2 Å². The Labute approximate surface area is 139 Å². The molecule has 3 rings (SSSR count). The zero-order chi connectivity index (χ0) is 17.0. The summed E-state index contributed by atoms with van der Waals surface area (Å²) in [6, 6.07) is 13.3. The van der Waals surface area contributed by atoms with Gasteiger partial charge < -0.3 is 4.42 Å². The molecule has 0 aliphatic heterocycles. The van der Waals surface area contributed by atoms with E-state index < -0.39 is 10.4 Å². The third-order valence-corrected chi connectivity index (χ3v) is 3.75. The third-order valence-electron chi connectivity index (χ3n) is 3.28. The van der Waals surface area contributed by atoms with Crippen molar-refractivity contribution in [3.05, 3.63) is 61.1 Å². The third kappa shape index (κ3) is 4.25. The van der Waals surface area contributed by atoms with Gasteiger partial charge in [-0.3, -0.25) is 4.55 Å². The van der Waals surface area contributed by atoms with E-state index in [1.807, 2.05) is 30.3 Å². The second-order valence-corrected chi connectivity index (χ2v) is 6.06. The van der Waals surface area contributed by atoms with Gasteiger partial charge in [0.15, 0.2) is 24.7 Å². The Balaban J connectivity index is 1.69. The van der Waals surface area contributed by atoms with Crippen molar-refractivity contribution in [1.82, 2.24) is 4.98 Å². The van der Waals surface area contributed by atoms with Crippen LogP contribution in [0.3, 0.4) is 0 Å². The number of hydrogen-bond acceptors (Lipinski definition) is 5. The Morgan fingerprint density at radius 1 is 1.08 bits per heavy atom. The highest BCUT2D eigenvalue weighted by Gasteiger charge is 2.11. The lowest BCUT2D eigenvalue weighted by molar-refractivity contribution is -0.697. The van der Waals surface area contributed by atoms with Gasteiger partial charge in [-0.05, 0) is 0 Å². The summed E-state index contributed by atoms with van der Waals surface area (Å²) in [4.78, 5) is 4.27. The van der Waals surface area contributed by atoms with Crippen LogP contribution in [0, 0.1) is 0 Å². The molecule has 124 valence electrons. The largest absolute Gasteiger partial charge is 0.436 e. The molecule has 0 amide bonds. The maximum Gasteiger partial charge on any atom is 0.397 e. The summed E-state index contributed by atoms with van der Waals surface area (Å²) < 4.78 is 41.2. The van der Waals surface area contributed by atoms with Crippen molar-refractivity contribution in [2.24, 2.45) is 0 Å². The fourth-order valence-electron chi connectivity index (χ4n) is 2.14. The van der Waals surface area contributed by atoms with Crippen LogP contribution in [0.15, 0.2) is 65.5 Å². The van der Waals surface area contributed by atoms with Gasteiger partial charge in [0, 0.05) is 23.3 Å². The predicted octanol–water partition coefficient (Wildman–Crippen LogP) is 2.12. The minimum Gasteiger partial charge on any atom is -0.436 e. The van der Waals surface area contributed by atoms with Crippen LogP contribution >= 0.6 is 0 Å². The second-order valence-electron chi connectivity index (χ2n) is 4.97. The van der Waals surface area contributed by atoms with Crippen molar-refractivity contribution >= 4 is 10.4 Å². The highest BCUT2D eigenvalue weighted by molar-refractivity contribution is 7.80. The van der Waals surface area contributed by atoms with Crippen LogP contribution in [-0.2, 0) is 21.1 Å². The van der Waals surface area contributed by atoms with E-state index in [0.717, 1.165) is 11.1 Å². The highest BCUT2D eigenvalue weighted by Crippen LogP contribution is 2.25. The molecule has 0 atom stereocenters. The molecule has 1 N–H and O–H groups in total. The van der Waals surface area contributed by atoms with E-state index in [0.29, 0.717) is 11.7 Å². The smallest absolute Gasteiger partial charge is 0.397 e. The molecule has 8 heteroatoms. The first-order valence-corrected chi connectivity index (χ1v) is 8.50. The molecule has 0 bridgehead atoms. The van der Waals surface area contributed by atoms with Crippen molar-refractivity contribution < 1.29 is 26.1 Å². The highest BCUT2D eigenvalue weighted by atomic mass is 32.3. The molecule has 0 saturated carbocycles. The molecule has 0 spiro atoms. The number of rotatable bonds is 6. The lowest BCUT2D eigenvalue weighted by Gasteiger charge is -1.99. The normalized spacial score (nSPS) is 11.5. The van der Waals surface area contributed by atoms with Gasteiger partial charge in [-0.2, -0.15) is 8.42 Å². The van der Waals surface area contributed by atoms with E-state index >= 15 is 0 Å². The number of pyridine rings is 1. The molecule has 1 aromatic carbocycles. The Morgan fingerprint density at radius 2 is 1.79 bits per heavy atom. The van der Waals surface area contributed by atoms with Crippen LogP contribution in [0.2, 0.25) is 0 Å². The minimum absolute atomic E-state index is 0.153. The van der Waals surface area contributed by atoms with E-state index in [4.69, 9.17) is 8.97 Å².